The second-order valence-electron chi connectivity index (χ2n) is 3.99. The summed E-state index contributed by atoms with van der Waals surface area (Å²) in [4.78, 5) is 26.9. The lowest BCUT2D eigenvalue weighted by Gasteiger charge is -2.07. The van der Waals surface area contributed by atoms with Crippen LogP contribution in [0.1, 0.15) is 32.1 Å². The van der Waals surface area contributed by atoms with Crippen molar-refractivity contribution in [1.82, 2.24) is 15.2 Å². The summed E-state index contributed by atoms with van der Waals surface area (Å²) in [6.07, 6.45) is 2.65. The Hall–Kier alpha value is -2.70. The molecule has 0 aliphatic rings. The molecule has 19 heavy (non-hydrogen) atoms. The monoisotopic (exact) mass is 260 g/mol. The van der Waals surface area contributed by atoms with Crippen molar-refractivity contribution in [2.24, 2.45) is 0 Å². The van der Waals surface area contributed by atoms with Gasteiger partial charge in [-0.3, -0.25) is 14.9 Å². The minimum absolute atomic E-state index is 0.0119. The van der Waals surface area contributed by atoms with Crippen molar-refractivity contribution < 1.29 is 14.7 Å². The van der Waals surface area contributed by atoms with E-state index in [0.29, 0.717) is 17.0 Å². The van der Waals surface area contributed by atoms with Gasteiger partial charge in [0.1, 0.15) is 0 Å². The molecule has 2 aromatic heterocycles. The summed E-state index contributed by atoms with van der Waals surface area (Å²) in [5, 5.41) is 18.2. The van der Waals surface area contributed by atoms with Crippen molar-refractivity contribution >= 4 is 17.6 Å². The predicted molar refractivity (Wildman–Crippen MR) is 67.2 cm³/mol. The first-order chi connectivity index (χ1) is 9.00. The van der Waals surface area contributed by atoms with Gasteiger partial charge in [0, 0.05) is 11.9 Å². The van der Waals surface area contributed by atoms with Crippen LogP contribution < -0.4 is 5.32 Å². The average molecular weight is 260 g/mol. The van der Waals surface area contributed by atoms with Crippen molar-refractivity contribution in [2.45, 2.75) is 13.8 Å². The molecule has 0 fully saturated rings. The Balaban J connectivity index is 2.32. The number of aryl methyl sites for hydroxylation is 2. The fraction of sp³-hybridized carbons (Fsp3) is 0.167. The maximum absolute atomic E-state index is 12.1. The second-order valence-corrected chi connectivity index (χ2v) is 3.99. The summed E-state index contributed by atoms with van der Waals surface area (Å²) >= 11 is 0. The molecule has 0 bridgehead atoms. The standard InChI is InChI=1S/C12H12N4O3/c1-6-10(7(2)16-15-6)11(17)14-9-5-13-4-3-8(9)12(18)19/h3-5H,1-2H3,(H,14,17)(H,15,16)(H,18,19). The molecule has 0 aliphatic carbocycles. The molecule has 0 atom stereocenters. The van der Waals surface area contributed by atoms with Crippen LogP contribution in [0.2, 0.25) is 0 Å². The van der Waals surface area contributed by atoms with Crippen LogP contribution in [0.5, 0.6) is 0 Å². The van der Waals surface area contributed by atoms with Crippen LogP contribution in [0.25, 0.3) is 0 Å². The van der Waals surface area contributed by atoms with Gasteiger partial charge in [-0.25, -0.2) is 4.79 Å². The van der Waals surface area contributed by atoms with Crippen molar-refractivity contribution in [2.75, 3.05) is 5.32 Å². The van der Waals surface area contributed by atoms with E-state index in [-0.39, 0.29) is 11.3 Å². The van der Waals surface area contributed by atoms with Gasteiger partial charge in [-0.15, -0.1) is 0 Å². The molecule has 2 aromatic rings. The first-order valence-corrected chi connectivity index (χ1v) is 5.51. The van der Waals surface area contributed by atoms with Crippen LogP contribution in [-0.4, -0.2) is 32.2 Å². The van der Waals surface area contributed by atoms with Gasteiger partial charge in [0.2, 0.25) is 0 Å². The number of aromatic carboxylic acids is 1. The summed E-state index contributed by atoms with van der Waals surface area (Å²) in [6.45, 7) is 3.41. The number of H-pyrrole nitrogens is 1. The number of carboxylic acids is 1. The lowest BCUT2D eigenvalue weighted by atomic mass is 10.1. The molecule has 1 amide bonds. The van der Waals surface area contributed by atoms with Crippen LogP contribution in [0, 0.1) is 13.8 Å². The number of carbonyl (C=O) groups excluding carboxylic acids is 1. The summed E-state index contributed by atoms with van der Waals surface area (Å²) in [5.74, 6) is -1.54. The SMILES string of the molecule is Cc1n[nH]c(C)c1C(=O)Nc1cnccc1C(=O)O. The van der Waals surface area contributed by atoms with Crippen molar-refractivity contribution in [3.8, 4) is 0 Å². The van der Waals surface area contributed by atoms with Gasteiger partial charge >= 0.3 is 5.97 Å². The van der Waals surface area contributed by atoms with Gasteiger partial charge in [0.25, 0.3) is 5.91 Å². The fourth-order valence-electron chi connectivity index (χ4n) is 1.75. The predicted octanol–water partition coefficient (Wildman–Crippen LogP) is 1.37. The Morgan fingerprint density at radius 3 is 2.68 bits per heavy atom. The molecule has 2 rings (SSSR count). The zero-order valence-electron chi connectivity index (χ0n) is 10.4. The Labute approximate surface area is 108 Å². The highest BCUT2D eigenvalue weighted by Gasteiger charge is 2.18. The summed E-state index contributed by atoms with van der Waals surface area (Å²) in [7, 11) is 0. The third-order valence-corrected chi connectivity index (χ3v) is 2.65. The van der Waals surface area contributed by atoms with Gasteiger partial charge in [-0.2, -0.15) is 5.10 Å². The Kier molecular flexibility index (Phi) is 3.28. The molecule has 7 nitrogen and oxygen atoms in total. The van der Waals surface area contributed by atoms with E-state index < -0.39 is 11.9 Å². The van der Waals surface area contributed by atoms with Crippen LogP contribution in [0.3, 0.4) is 0 Å². The molecule has 7 heteroatoms. The van der Waals surface area contributed by atoms with Crippen LogP contribution in [0.15, 0.2) is 18.5 Å². The second kappa shape index (κ2) is 4.89. The van der Waals surface area contributed by atoms with Crippen molar-refractivity contribution in [3.05, 3.63) is 41.0 Å². The lowest BCUT2D eigenvalue weighted by Crippen LogP contribution is -2.16. The molecular formula is C12H12N4O3. The number of carbonyl (C=O) groups is 2. The molecule has 0 radical (unpaired) electrons. The van der Waals surface area contributed by atoms with Gasteiger partial charge in [0.15, 0.2) is 0 Å². The maximum atomic E-state index is 12.1. The van der Waals surface area contributed by atoms with Gasteiger partial charge in [-0.1, -0.05) is 0 Å². The lowest BCUT2D eigenvalue weighted by molar-refractivity contribution is 0.0698. The number of aromatic amines is 1. The number of anilines is 1. The highest BCUT2D eigenvalue weighted by atomic mass is 16.4. The Morgan fingerprint density at radius 2 is 2.11 bits per heavy atom. The Bertz CT molecular complexity index is 629. The van der Waals surface area contributed by atoms with E-state index in [2.05, 4.69) is 20.5 Å². The maximum Gasteiger partial charge on any atom is 0.337 e. The van der Waals surface area contributed by atoms with Crippen molar-refractivity contribution in [1.29, 1.82) is 0 Å². The van der Waals surface area contributed by atoms with E-state index in [1.165, 1.54) is 18.5 Å². The number of hydrogen-bond donors (Lipinski definition) is 3. The molecule has 0 aliphatic heterocycles. The van der Waals surface area contributed by atoms with E-state index in [4.69, 9.17) is 5.11 Å². The molecular weight excluding hydrogens is 248 g/mol. The van der Waals surface area contributed by atoms with Crippen LogP contribution >= 0.6 is 0 Å². The summed E-state index contributed by atoms with van der Waals surface area (Å²) in [6, 6.07) is 1.33. The third kappa shape index (κ3) is 2.44. The summed E-state index contributed by atoms with van der Waals surface area (Å²) in [5.41, 5.74) is 1.72. The average Bonchev–Trinajstić information content (AvgIpc) is 2.69. The Morgan fingerprint density at radius 1 is 1.37 bits per heavy atom. The topological polar surface area (TPSA) is 108 Å². The highest BCUT2D eigenvalue weighted by molar-refractivity contribution is 6.08. The molecule has 0 spiro atoms. The summed E-state index contributed by atoms with van der Waals surface area (Å²) < 4.78 is 0. The smallest absolute Gasteiger partial charge is 0.337 e. The van der Waals surface area contributed by atoms with Gasteiger partial charge in [-0.05, 0) is 19.9 Å². The number of rotatable bonds is 3. The van der Waals surface area contributed by atoms with Crippen molar-refractivity contribution in [3.63, 3.8) is 0 Å². The quantitative estimate of drug-likeness (QED) is 0.772. The largest absolute Gasteiger partial charge is 0.478 e. The highest BCUT2D eigenvalue weighted by Crippen LogP contribution is 2.16. The third-order valence-electron chi connectivity index (χ3n) is 2.65. The van der Waals surface area contributed by atoms with Gasteiger partial charge < -0.3 is 10.4 Å². The number of amides is 1. The number of nitrogens with zero attached hydrogens (tertiary/aromatic N) is 2. The first kappa shape index (κ1) is 12.7. The fourth-order valence-corrected chi connectivity index (χ4v) is 1.75. The molecule has 3 N–H and O–H groups in total. The van der Waals surface area contributed by atoms with Crippen LogP contribution in [0.4, 0.5) is 5.69 Å². The molecule has 2 heterocycles. The van der Waals surface area contributed by atoms with E-state index in [1.54, 1.807) is 13.8 Å². The normalized spacial score (nSPS) is 10.2. The minimum atomic E-state index is -1.13. The van der Waals surface area contributed by atoms with E-state index in [9.17, 15) is 9.59 Å². The number of carboxylic acid groups (broad SMARTS) is 1. The number of pyridine rings is 1. The van der Waals surface area contributed by atoms with Crippen LogP contribution in [-0.2, 0) is 0 Å². The first-order valence-electron chi connectivity index (χ1n) is 5.51. The molecule has 0 unspecified atom stereocenters. The number of nitrogens with one attached hydrogen (secondary N) is 2. The molecule has 0 saturated heterocycles. The minimum Gasteiger partial charge on any atom is -0.478 e. The molecule has 0 aromatic carbocycles. The van der Waals surface area contributed by atoms with E-state index in [0.717, 1.165) is 0 Å². The van der Waals surface area contributed by atoms with E-state index >= 15 is 0 Å². The number of aromatic nitrogens is 3. The van der Waals surface area contributed by atoms with E-state index in [1.807, 2.05) is 0 Å². The zero-order chi connectivity index (χ0) is 14.0. The molecule has 98 valence electrons. The van der Waals surface area contributed by atoms with Gasteiger partial charge in [0.05, 0.1) is 28.7 Å². The molecule has 0 saturated carbocycles. The zero-order valence-corrected chi connectivity index (χ0v) is 10.4. The number of hydrogen-bond acceptors (Lipinski definition) is 4.